The third-order valence-corrected chi connectivity index (χ3v) is 5.62. The molecular formula is C26H27FN2O3. The number of likely N-dealkylation sites (tertiary alicyclic amines) is 1. The molecule has 0 radical (unpaired) electrons. The van der Waals surface area contributed by atoms with Gasteiger partial charge in [-0.1, -0.05) is 6.42 Å². The van der Waals surface area contributed by atoms with Crippen molar-refractivity contribution in [2.24, 2.45) is 0 Å². The summed E-state index contributed by atoms with van der Waals surface area (Å²) in [6.07, 6.45) is 3.82. The summed E-state index contributed by atoms with van der Waals surface area (Å²) in [6, 6.07) is 19.2. The number of benzene rings is 3. The maximum atomic E-state index is 13.3. The smallest absolute Gasteiger partial charge is 0.262 e. The van der Waals surface area contributed by atoms with Crippen molar-refractivity contribution in [3.8, 4) is 11.5 Å². The van der Waals surface area contributed by atoms with Gasteiger partial charge in [-0.25, -0.2) is 4.39 Å². The summed E-state index contributed by atoms with van der Waals surface area (Å²) < 4.78 is 19.2. The normalized spacial score (nSPS) is 14.2. The number of nitrogens with zero attached hydrogens (tertiary/aromatic N) is 2. The first kappa shape index (κ1) is 21.8. The Morgan fingerprint density at radius 1 is 0.875 bits per heavy atom. The molecule has 0 aliphatic carbocycles. The lowest BCUT2D eigenvalue weighted by atomic mass is 10.1. The second kappa shape index (κ2) is 10.3. The lowest BCUT2D eigenvalue weighted by Crippen LogP contribution is -2.33. The van der Waals surface area contributed by atoms with Crippen LogP contribution >= 0.6 is 0 Å². The molecule has 1 aliphatic heterocycles. The summed E-state index contributed by atoms with van der Waals surface area (Å²) >= 11 is 0. The van der Waals surface area contributed by atoms with Crippen LogP contribution in [0.5, 0.6) is 11.5 Å². The van der Waals surface area contributed by atoms with Crippen LogP contribution in [0, 0.1) is 5.82 Å². The van der Waals surface area contributed by atoms with Gasteiger partial charge in [0, 0.05) is 23.5 Å². The molecular weight excluding hydrogens is 407 g/mol. The molecule has 166 valence electrons. The standard InChI is InChI=1S/C26H27FN2O3/c27-21-6-4-20(5-7-21)26(31)29(22-8-12-24(30)13-9-22)23-10-14-25(15-11-23)32-19-18-28-16-2-1-3-17-28/h4-15,30H,1-3,16-19H2. The summed E-state index contributed by atoms with van der Waals surface area (Å²) in [5, 5.41) is 9.64. The molecule has 0 saturated carbocycles. The fraction of sp³-hybridized carbons (Fsp3) is 0.269. The van der Waals surface area contributed by atoms with Gasteiger partial charge in [-0.05, 0) is 98.7 Å². The minimum Gasteiger partial charge on any atom is -0.508 e. The van der Waals surface area contributed by atoms with Gasteiger partial charge in [-0.2, -0.15) is 0 Å². The van der Waals surface area contributed by atoms with Crippen LogP contribution in [0.25, 0.3) is 0 Å². The van der Waals surface area contributed by atoms with E-state index in [0.717, 1.165) is 25.4 Å². The molecule has 0 atom stereocenters. The number of ether oxygens (including phenoxy) is 1. The lowest BCUT2D eigenvalue weighted by Gasteiger charge is -2.26. The van der Waals surface area contributed by atoms with E-state index in [2.05, 4.69) is 4.90 Å². The van der Waals surface area contributed by atoms with Crippen molar-refractivity contribution >= 4 is 17.3 Å². The molecule has 6 heteroatoms. The zero-order chi connectivity index (χ0) is 22.3. The SMILES string of the molecule is O=C(c1ccc(F)cc1)N(c1ccc(O)cc1)c1ccc(OCCN2CCCCC2)cc1. The minimum atomic E-state index is -0.399. The van der Waals surface area contributed by atoms with Crippen LogP contribution in [0.2, 0.25) is 0 Å². The number of rotatable bonds is 7. The Hall–Kier alpha value is -3.38. The first-order chi connectivity index (χ1) is 15.6. The number of phenolic OH excluding ortho intramolecular Hbond substituents is 1. The summed E-state index contributed by atoms with van der Waals surface area (Å²) in [6.45, 7) is 3.80. The highest BCUT2D eigenvalue weighted by Crippen LogP contribution is 2.30. The number of amides is 1. The van der Waals surface area contributed by atoms with Crippen molar-refractivity contribution in [1.29, 1.82) is 0 Å². The molecule has 5 nitrogen and oxygen atoms in total. The fourth-order valence-corrected chi connectivity index (χ4v) is 3.87. The highest BCUT2D eigenvalue weighted by atomic mass is 19.1. The Kier molecular flexibility index (Phi) is 7.02. The Balaban J connectivity index is 1.50. The summed E-state index contributed by atoms with van der Waals surface area (Å²) in [5.41, 5.74) is 1.60. The van der Waals surface area contributed by atoms with E-state index in [0.29, 0.717) is 23.5 Å². The van der Waals surface area contributed by atoms with Gasteiger partial charge in [0.05, 0.1) is 0 Å². The molecule has 1 amide bonds. The molecule has 0 spiro atoms. The highest BCUT2D eigenvalue weighted by molar-refractivity contribution is 6.10. The first-order valence-electron chi connectivity index (χ1n) is 10.9. The zero-order valence-electron chi connectivity index (χ0n) is 17.9. The van der Waals surface area contributed by atoms with Gasteiger partial charge in [0.2, 0.25) is 0 Å². The monoisotopic (exact) mass is 434 g/mol. The highest BCUT2D eigenvalue weighted by Gasteiger charge is 2.20. The van der Waals surface area contributed by atoms with Crippen LogP contribution in [0.3, 0.4) is 0 Å². The number of hydrogen-bond donors (Lipinski definition) is 1. The first-order valence-corrected chi connectivity index (χ1v) is 10.9. The van der Waals surface area contributed by atoms with Crippen molar-refractivity contribution < 1.29 is 19.0 Å². The van der Waals surface area contributed by atoms with Crippen LogP contribution in [0.15, 0.2) is 72.8 Å². The molecule has 1 fully saturated rings. The van der Waals surface area contributed by atoms with Crippen LogP contribution in [-0.4, -0.2) is 42.2 Å². The lowest BCUT2D eigenvalue weighted by molar-refractivity contribution is 0.0999. The van der Waals surface area contributed by atoms with Gasteiger partial charge in [-0.3, -0.25) is 14.6 Å². The average molecular weight is 435 g/mol. The fourth-order valence-electron chi connectivity index (χ4n) is 3.87. The molecule has 0 bridgehead atoms. The number of aromatic hydroxyl groups is 1. The van der Waals surface area contributed by atoms with E-state index in [4.69, 9.17) is 4.74 Å². The van der Waals surface area contributed by atoms with E-state index in [1.54, 1.807) is 12.1 Å². The third kappa shape index (κ3) is 5.45. The number of hydrogen-bond acceptors (Lipinski definition) is 4. The van der Waals surface area contributed by atoms with Crippen LogP contribution in [-0.2, 0) is 0 Å². The van der Waals surface area contributed by atoms with Gasteiger partial charge in [0.15, 0.2) is 0 Å². The Bertz CT molecular complexity index is 1010. The van der Waals surface area contributed by atoms with Crippen molar-refractivity contribution in [3.05, 3.63) is 84.2 Å². The van der Waals surface area contributed by atoms with E-state index in [1.807, 2.05) is 24.3 Å². The Morgan fingerprint density at radius 2 is 1.47 bits per heavy atom. The second-order valence-electron chi connectivity index (χ2n) is 7.91. The molecule has 1 N–H and O–H groups in total. The van der Waals surface area contributed by atoms with Crippen LogP contribution in [0.4, 0.5) is 15.8 Å². The molecule has 1 heterocycles. The van der Waals surface area contributed by atoms with Crippen molar-refractivity contribution in [2.45, 2.75) is 19.3 Å². The maximum absolute atomic E-state index is 13.3. The van der Waals surface area contributed by atoms with E-state index >= 15 is 0 Å². The van der Waals surface area contributed by atoms with Gasteiger partial charge in [0.25, 0.3) is 5.91 Å². The number of anilines is 2. The van der Waals surface area contributed by atoms with Gasteiger partial charge < -0.3 is 9.84 Å². The predicted molar refractivity (Wildman–Crippen MR) is 123 cm³/mol. The molecule has 1 saturated heterocycles. The van der Waals surface area contributed by atoms with Crippen molar-refractivity contribution in [3.63, 3.8) is 0 Å². The van der Waals surface area contributed by atoms with E-state index < -0.39 is 5.82 Å². The number of carbonyl (C=O) groups excluding carboxylic acids is 1. The zero-order valence-corrected chi connectivity index (χ0v) is 17.9. The average Bonchev–Trinajstić information content (AvgIpc) is 2.82. The van der Waals surface area contributed by atoms with Gasteiger partial charge >= 0.3 is 0 Å². The maximum Gasteiger partial charge on any atom is 0.262 e. The summed E-state index contributed by atoms with van der Waals surface area (Å²) in [5.74, 6) is 0.157. The third-order valence-electron chi connectivity index (χ3n) is 5.62. The molecule has 0 aromatic heterocycles. The van der Waals surface area contributed by atoms with Crippen molar-refractivity contribution in [2.75, 3.05) is 31.1 Å². The second-order valence-corrected chi connectivity index (χ2v) is 7.91. The summed E-state index contributed by atoms with van der Waals surface area (Å²) in [4.78, 5) is 17.2. The quantitative estimate of drug-likeness (QED) is 0.543. The number of carbonyl (C=O) groups is 1. The Labute approximate surface area is 187 Å². The topological polar surface area (TPSA) is 53.0 Å². The van der Waals surface area contributed by atoms with E-state index in [1.165, 1.54) is 60.6 Å². The Morgan fingerprint density at radius 3 is 2.09 bits per heavy atom. The predicted octanol–water partition coefficient (Wildman–Crippen LogP) is 5.37. The van der Waals surface area contributed by atoms with Gasteiger partial charge in [0.1, 0.15) is 23.9 Å². The van der Waals surface area contributed by atoms with Crippen LogP contribution < -0.4 is 9.64 Å². The number of piperidine rings is 1. The molecule has 4 rings (SSSR count). The van der Waals surface area contributed by atoms with Crippen molar-refractivity contribution in [1.82, 2.24) is 4.90 Å². The van der Waals surface area contributed by atoms with E-state index in [9.17, 15) is 14.3 Å². The van der Waals surface area contributed by atoms with Gasteiger partial charge in [-0.15, -0.1) is 0 Å². The van der Waals surface area contributed by atoms with Crippen LogP contribution in [0.1, 0.15) is 29.6 Å². The number of phenols is 1. The minimum absolute atomic E-state index is 0.111. The molecule has 1 aliphatic rings. The summed E-state index contributed by atoms with van der Waals surface area (Å²) in [7, 11) is 0. The largest absolute Gasteiger partial charge is 0.508 e. The number of halogens is 1. The van der Waals surface area contributed by atoms with E-state index in [-0.39, 0.29) is 11.7 Å². The molecule has 32 heavy (non-hydrogen) atoms. The molecule has 0 unspecified atom stereocenters. The molecule has 3 aromatic rings. The molecule has 3 aromatic carbocycles.